The number of nitro benzene ring substituents is 1. The molecular formula is C16H25N3O2. The molecule has 1 aromatic carbocycles. The van der Waals surface area contributed by atoms with Crippen molar-refractivity contribution in [1.29, 1.82) is 0 Å². The lowest BCUT2D eigenvalue weighted by Gasteiger charge is -2.34. The Balaban J connectivity index is 2.05. The highest BCUT2D eigenvalue weighted by molar-refractivity contribution is 5.55. The monoisotopic (exact) mass is 291 g/mol. The van der Waals surface area contributed by atoms with E-state index in [1.54, 1.807) is 18.2 Å². The van der Waals surface area contributed by atoms with Gasteiger partial charge in [-0.15, -0.1) is 0 Å². The van der Waals surface area contributed by atoms with Crippen LogP contribution >= 0.6 is 0 Å². The van der Waals surface area contributed by atoms with E-state index in [4.69, 9.17) is 0 Å². The molecule has 5 nitrogen and oxygen atoms in total. The Morgan fingerprint density at radius 3 is 2.57 bits per heavy atom. The number of nitrogens with zero attached hydrogens (tertiary/aromatic N) is 2. The molecule has 5 heteroatoms. The molecule has 0 aliphatic carbocycles. The second-order valence-corrected chi connectivity index (χ2v) is 6.21. The molecule has 1 saturated heterocycles. The molecule has 1 heterocycles. The summed E-state index contributed by atoms with van der Waals surface area (Å²) in [6.45, 7) is 7.52. The summed E-state index contributed by atoms with van der Waals surface area (Å²) in [5.41, 5.74) is 2.15. The molecule has 116 valence electrons. The number of nitro groups is 1. The summed E-state index contributed by atoms with van der Waals surface area (Å²) in [4.78, 5) is 13.0. The summed E-state index contributed by atoms with van der Waals surface area (Å²) >= 11 is 0. The Morgan fingerprint density at radius 2 is 2.05 bits per heavy atom. The molecule has 1 fully saturated rings. The highest BCUT2D eigenvalue weighted by Gasteiger charge is 2.22. The zero-order valence-electron chi connectivity index (χ0n) is 13.1. The van der Waals surface area contributed by atoms with Crippen LogP contribution in [-0.2, 0) is 6.54 Å². The maximum atomic E-state index is 10.9. The van der Waals surface area contributed by atoms with Gasteiger partial charge in [-0.3, -0.25) is 15.0 Å². The number of rotatable bonds is 5. The first-order valence-corrected chi connectivity index (χ1v) is 7.68. The largest absolute Gasteiger partial charge is 0.388 e. The van der Waals surface area contributed by atoms with E-state index in [0.29, 0.717) is 0 Å². The van der Waals surface area contributed by atoms with Crippen molar-refractivity contribution in [2.75, 3.05) is 25.5 Å². The third kappa shape index (κ3) is 3.94. The van der Waals surface area contributed by atoms with Gasteiger partial charge < -0.3 is 5.32 Å². The molecule has 2 rings (SSSR count). The summed E-state index contributed by atoms with van der Waals surface area (Å²) in [5, 5.41) is 14.1. The zero-order chi connectivity index (χ0) is 15.4. The van der Waals surface area contributed by atoms with Gasteiger partial charge in [-0.25, -0.2) is 0 Å². The second-order valence-electron chi connectivity index (χ2n) is 6.21. The second kappa shape index (κ2) is 6.89. The van der Waals surface area contributed by atoms with Crippen LogP contribution in [0.25, 0.3) is 0 Å². The minimum Gasteiger partial charge on any atom is -0.388 e. The standard InChI is InChI=1S/C16H25N3O2/c1-12(2)13-6-8-18(9-7-13)11-14-10-15(19(20)21)4-5-16(14)17-3/h4-5,10,12-13,17H,6-9,11H2,1-3H3. The molecule has 0 spiro atoms. The minimum atomic E-state index is -0.325. The summed E-state index contributed by atoms with van der Waals surface area (Å²) < 4.78 is 0. The molecular weight excluding hydrogens is 266 g/mol. The van der Waals surface area contributed by atoms with E-state index in [9.17, 15) is 10.1 Å². The van der Waals surface area contributed by atoms with E-state index < -0.39 is 0 Å². The first-order valence-electron chi connectivity index (χ1n) is 7.68. The maximum Gasteiger partial charge on any atom is 0.269 e. The molecule has 1 N–H and O–H groups in total. The number of hydrogen-bond acceptors (Lipinski definition) is 4. The van der Waals surface area contributed by atoms with Gasteiger partial charge in [0.1, 0.15) is 0 Å². The summed E-state index contributed by atoms with van der Waals surface area (Å²) in [5.74, 6) is 1.56. The Morgan fingerprint density at radius 1 is 1.38 bits per heavy atom. The molecule has 1 aliphatic heterocycles. The van der Waals surface area contributed by atoms with Crippen LogP contribution in [0.1, 0.15) is 32.3 Å². The van der Waals surface area contributed by atoms with Gasteiger partial charge in [-0.2, -0.15) is 0 Å². The normalized spacial score (nSPS) is 17.1. The Hall–Kier alpha value is -1.62. The molecule has 1 aromatic rings. The van der Waals surface area contributed by atoms with E-state index in [1.807, 2.05) is 7.05 Å². The van der Waals surface area contributed by atoms with Crippen molar-refractivity contribution in [2.24, 2.45) is 11.8 Å². The number of piperidine rings is 1. The van der Waals surface area contributed by atoms with Gasteiger partial charge in [0.05, 0.1) is 4.92 Å². The first-order chi connectivity index (χ1) is 10.0. The van der Waals surface area contributed by atoms with Gasteiger partial charge in [0.25, 0.3) is 5.69 Å². The lowest BCUT2D eigenvalue weighted by atomic mass is 9.86. The predicted molar refractivity (Wildman–Crippen MR) is 85.5 cm³/mol. The summed E-state index contributed by atoms with van der Waals surface area (Å²) in [6.07, 6.45) is 2.45. The van der Waals surface area contributed by atoms with Gasteiger partial charge in [0.15, 0.2) is 0 Å². The van der Waals surface area contributed by atoms with Crippen molar-refractivity contribution in [2.45, 2.75) is 33.2 Å². The van der Waals surface area contributed by atoms with E-state index in [1.165, 1.54) is 12.8 Å². The first kappa shape index (κ1) is 15.8. The summed E-state index contributed by atoms with van der Waals surface area (Å²) in [6, 6.07) is 5.05. The van der Waals surface area contributed by atoms with E-state index in [-0.39, 0.29) is 10.6 Å². The lowest BCUT2D eigenvalue weighted by molar-refractivity contribution is -0.384. The predicted octanol–water partition coefficient (Wildman–Crippen LogP) is 3.50. The molecule has 0 amide bonds. The van der Waals surface area contributed by atoms with Crippen LogP contribution in [0.5, 0.6) is 0 Å². The molecule has 0 saturated carbocycles. The number of anilines is 1. The van der Waals surface area contributed by atoms with Crippen molar-refractivity contribution in [3.8, 4) is 0 Å². The number of non-ortho nitro benzene ring substituents is 1. The smallest absolute Gasteiger partial charge is 0.269 e. The fourth-order valence-corrected chi connectivity index (χ4v) is 3.09. The van der Waals surface area contributed by atoms with Gasteiger partial charge in [0.2, 0.25) is 0 Å². The highest BCUT2D eigenvalue weighted by atomic mass is 16.6. The van der Waals surface area contributed by atoms with Crippen molar-refractivity contribution in [3.05, 3.63) is 33.9 Å². The van der Waals surface area contributed by atoms with E-state index in [2.05, 4.69) is 24.1 Å². The average Bonchev–Trinajstić information content (AvgIpc) is 2.47. The van der Waals surface area contributed by atoms with Gasteiger partial charge >= 0.3 is 0 Å². The number of hydrogen-bond donors (Lipinski definition) is 1. The van der Waals surface area contributed by atoms with Crippen LogP contribution in [0.4, 0.5) is 11.4 Å². The quantitative estimate of drug-likeness (QED) is 0.666. The lowest BCUT2D eigenvalue weighted by Crippen LogP contribution is -2.34. The minimum absolute atomic E-state index is 0.168. The van der Waals surface area contributed by atoms with Gasteiger partial charge in [0, 0.05) is 31.4 Å². The molecule has 0 aromatic heterocycles. The fraction of sp³-hybridized carbons (Fsp3) is 0.625. The fourth-order valence-electron chi connectivity index (χ4n) is 3.09. The Labute approximate surface area is 126 Å². The molecule has 0 bridgehead atoms. The van der Waals surface area contributed by atoms with Crippen LogP contribution in [0.3, 0.4) is 0 Å². The summed E-state index contributed by atoms with van der Waals surface area (Å²) in [7, 11) is 1.86. The molecule has 0 unspecified atom stereocenters. The molecule has 1 aliphatic rings. The SMILES string of the molecule is CNc1ccc([N+](=O)[O-])cc1CN1CCC(C(C)C)CC1. The van der Waals surface area contributed by atoms with Gasteiger partial charge in [-0.05, 0) is 49.4 Å². The van der Waals surface area contributed by atoms with Crippen molar-refractivity contribution >= 4 is 11.4 Å². The van der Waals surface area contributed by atoms with E-state index in [0.717, 1.165) is 42.7 Å². The number of benzene rings is 1. The van der Waals surface area contributed by atoms with Crippen LogP contribution < -0.4 is 5.32 Å². The maximum absolute atomic E-state index is 10.9. The van der Waals surface area contributed by atoms with Gasteiger partial charge in [-0.1, -0.05) is 13.8 Å². The Kier molecular flexibility index (Phi) is 5.17. The van der Waals surface area contributed by atoms with Crippen LogP contribution in [-0.4, -0.2) is 30.0 Å². The van der Waals surface area contributed by atoms with Crippen LogP contribution in [0.15, 0.2) is 18.2 Å². The average molecular weight is 291 g/mol. The van der Waals surface area contributed by atoms with Crippen LogP contribution in [0.2, 0.25) is 0 Å². The topological polar surface area (TPSA) is 58.4 Å². The third-order valence-electron chi connectivity index (χ3n) is 4.54. The number of nitrogens with one attached hydrogen (secondary N) is 1. The zero-order valence-corrected chi connectivity index (χ0v) is 13.1. The van der Waals surface area contributed by atoms with Crippen LogP contribution in [0, 0.1) is 22.0 Å². The van der Waals surface area contributed by atoms with Crippen molar-refractivity contribution in [3.63, 3.8) is 0 Å². The van der Waals surface area contributed by atoms with Crippen molar-refractivity contribution < 1.29 is 4.92 Å². The van der Waals surface area contributed by atoms with E-state index >= 15 is 0 Å². The van der Waals surface area contributed by atoms with Crippen molar-refractivity contribution in [1.82, 2.24) is 4.90 Å². The number of likely N-dealkylation sites (tertiary alicyclic amines) is 1. The third-order valence-corrected chi connectivity index (χ3v) is 4.54. The molecule has 0 atom stereocenters. The molecule has 21 heavy (non-hydrogen) atoms. The molecule has 0 radical (unpaired) electrons. The Bertz CT molecular complexity index is 494. The highest BCUT2D eigenvalue weighted by Crippen LogP contribution is 2.28.